The lowest BCUT2D eigenvalue weighted by Crippen LogP contribution is -2.37. The van der Waals surface area contributed by atoms with Crippen LogP contribution in [0.1, 0.15) is 309 Å². The number of unbranched alkanes of at least 4 members (excludes halogenated alkanes) is 43. The summed E-state index contributed by atoms with van der Waals surface area (Å²) in [6, 6.07) is 0. The van der Waals surface area contributed by atoms with E-state index >= 15 is 0 Å². The Morgan fingerprint density at radius 2 is 0.687 bits per heavy atom. The average Bonchev–Trinajstić information content (AvgIpc) is 3.29. The number of hydrogen-bond acceptors (Lipinski definition) is 7. The zero-order chi connectivity index (χ0) is 49.0. The molecule has 0 aliphatic heterocycles. The molecule has 9 heteroatoms. The van der Waals surface area contributed by atoms with Crippen LogP contribution in [0.4, 0.5) is 0 Å². The van der Waals surface area contributed by atoms with E-state index in [0.717, 1.165) is 32.1 Å². The molecule has 0 aromatic heterocycles. The number of quaternary nitrogens is 1. The van der Waals surface area contributed by atoms with E-state index < -0.39 is 13.9 Å². The molecule has 0 saturated carbocycles. The summed E-state index contributed by atoms with van der Waals surface area (Å²) in [5, 5.41) is 0. The molecule has 0 amide bonds. The number of carbonyl (C=O) groups excluding carboxylic acids is 1. The Morgan fingerprint density at radius 3 is 0.985 bits per heavy atom. The molecule has 0 bridgehead atoms. The summed E-state index contributed by atoms with van der Waals surface area (Å²) < 4.78 is 34.9. The second-order valence-corrected chi connectivity index (χ2v) is 23.1. The maximum atomic E-state index is 12.8. The molecule has 0 radical (unpaired) electrons. The Morgan fingerprint density at radius 1 is 0.403 bits per heavy atom. The van der Waals surface area contributed by atoms with Gasteiger partial charge in [0.05, 0.1) is 34.4 Å². The van der Waals surface area contributed by atoms with Crippen LogP contribution in [-0.2, 0) is 27.9 Å². The van der Waals surface area contributed by atoms with Gasteiger partial charge in [0, 0.05) is 13.0 Å². The molecule has 0 aromatic rings. The van der Waals surface area contributed by atoms with Gasteiger partial charge in [-0.1, -0.05) is 290 Å². The third kappa shape index (κ3) is 56.3. The molecule has 0 aliphatic rings. The molecule has 2 atom stereocenters. The first kappa shape index (κ1) is 66.5. The highest BCUT2D eigenvalue weighted by Crippen LogP contribution is 2.38. The van der Waals surface area contributed by atoms with Crippen molar-refractivity contribution in [1.82, 2.24) is 0 Å². The van der Waals surface area contributed by atoms with E-state index in [4.69, 9.17) is 18.5 Å². The lowest BCUT2D eigenvalue weighted by Gasteiger charge is -2.28. The van der Waals surface area contributed by atoms with Crippen molar-refractivity contribution in [3.63, 3.8) is 0 Å². The van der Waals surface area contributed by atoms with E-state index in [1.54, 1.807) is 0 Å². The number of likely N-dealkylation sites (N-methyl/N-ethyl adjacent to an activating group) is 1. The summed E-state index contributed by atoms with van der Waals surface area (Å²) in [6.07, 6.45) is 60.1. The zero-order valence-electron chi connectivity index (χ0n) is 45.9. The van der Waals surface area contributed by atoms with Gasteiger partial charge in [-0.25, -0.2) is 0 Å². The zero-order valence-corrected chi connectivity index (χ0v) is 46.8. The van der Waals surface area contributed by atoms with Crippen LogP contribution in [0.5, 0.6) is 0 Å². The summed E-state index contributed by atoms with van der Waals surface area (Å²) in [7, 11) is 1.38. The number of hydrogen-bond donors (Lipinski definition) is 0. The molecular weight excluding hydrogens is 854 g/mol. The lowest BCUT2D eigenvalue weighted by atomic mass is 10.0. The quantitative estimate of drug-likeness (QED) is 0.0259. The first-order valence-corrected chi connectivity index (χ1v) is 31.2. The van der Waals surface area contributed by atoms with Crippen molar-refractivity contribution in [2.75, 3.05) is 54.1 Å². The van der Waals surface area contributed by atoms with Crippen molar-refractivity contribution >= 4 is 13.8 Å². The van der Waals surface area contributed by atoms with Gasteiger partial charge >= 0.3 is 5.97 Å². The Balaban J connectivity index is 3.98. The van der Waals surface area contributed by atoms with Crippen LogP contribution in [0.2, 0.25) is 0 Å². The van der Waals surface area contributed by atoms with Gasteiger partial charge in [-0.3, -0.25) is 9.36 Å². The van der Waals surface area contributed by atoms with Gasteiger partial charge in [-0.15, -0.1) is 0 Å². The molecule has 0 heterocycles. The number of esters is 1. The SMILES string of the molecule is CCCCCCCCCCCCCCCCCCCCCCCCCCCOCC(COP(=O)([O-])OCC[N+](C)(C)C)OC(=O)CCCCCCCCCCCCCCCCCCCCCC. The minimum atomic E-state index is -4.53. The van der Waals surface area contributed by atoms with Gasteiger partial charge < -0.3 is 27.9 Å². The van der Waals surface area contributed by atoms with Crippen molar-refractivity contribution < 1.29 is 37.3 Å². The summed E-state index contributed by atoms with van der Waals surface area (Å²) in [6.45, 7) is 5.51. The van der Waals surface area contributed by atoms with Gasteiger partial charge in [0.2, 0.25) is 0 Å². The molecule has 0 rings (SSSR count). The van der Waals surface area contributed by atoms with Crippen molar-refractivity contribution in [3.8, 4) is 0 Å². The van der Waals surface area contributed by atoms with Crippen LogP contribution in [0.25, 0.3) is 0 Å². The fraction of sp³-hybridized carbons (Fsp3) is 0.983. The van der Waals surface area contributed by atoms with Gasteiger partial charge in [0.25, 0.3) is 7.82 Å². The first-order valence-electron chi connectivity index (χ1n) is 29.8. The smallest absolute Gasteiger partial charge is 0.306 e. The molecule has 0 spiro atoms. The van der Waals surface area contributed by atoms with Crippen molar-refractivity contribution in [1.29, 1.82) is 0 Å². The van der Waals surface area contributed by atoms with E-state index in [-0.39, 0.29) is 25.8 Å². The van der Waals surface area contributed by atoms with Crippen LogP contribution in [0, 0.1) is 0 Å². The van der Waals surface area contributed by atoms with Gasteiger partial charge in [-0.2, -0.15) is 0 Å². The van der Waals surface area contributed by atoms with E-state index in [1.807, 2.05) is 21.1 Å². The van der Waals surface area contributed by atoms with Gasteiger partial charge in [0.15, 0.2) is 0 Å². The van der Waals surface area contributed by atoms with E-state index in [0.29, 0.717) is 24.1 Å². The molecule has 8 nitrogen and oxygen atoms in total. The van der Waals surface area contributed by atoms with E-state index in [1.165, 1.54) is 257 Å². The molecular formula is C58H118NO7P. The van der Waals surface area contributed by atoms with Crippen LogP contribution in [0.15, 0.2) is 0 Å². The molecule has 0 aliphatic carbocycles. The maximum Gasteiger partial charge on any atom is 0.306 e. The molecule has 0 fully saturated rings. The third-order valence-corrected chi connectivity index (χ3v) is 14.6. The third-order valence-electron chi connectivity index (χ3n) is 13.7. The number of phosphoric acid groups is 1. The van der Waals surface area contributed by atoms with E-state index in [9.17, 15) is 14.3 Å². The Hall–Kier alpha value is -0.500. The number of phosphoric ester groups is 1. The largest absolute Gasteiger partial charge is 0.756 e. The second kappa shape index (κ2) is 51.8. The van der Waals surface area contributed by atoms with Gasteiger partial charge in [0.1, 0.15) is 19.3 Å². The number of ether oxygens (including phenoxy) is 2. The first-order chi connectivity index (χ1) is 32.6. The van der Waals surface area contributed by atoms with Crippen LogP contribution in [0.3, 0.4) is 0 Å². The molecule has 402 valence electrons. The minimum absolute atomic E-state index is 0.0320. The summed E-state index contributed by atoms with van der Waals surface area (Å²) in [5.41, 5.74) is 0. The second-order valence-electron chi connectivity index (χ2n) is 21.7. The fourth-order valence-electron chi connectivity index (χ4n) is 9.08. The Labute approximate surface area is 418 Å². The highest BCUT2D eigenvalue weighted by atomic mass is 31.2. The minimum Gasteiger partial charge on any atom is -0.756 e. The summed E-state index contributed by atoms with van der Waals surface area (Å²) in [4.78, 5) is 25.3. The molecule has 0 N–H and O–H groups in total. The predicted octanol–water partition coefficient (Wildman–Crippen LogP) is 18.1. The standard InChI is InChI=1S/C58H118NO7P/c1-6-8-10-12-14-16-18-20-22-24-26-28-29-30-31-32-34-36-38-40-42-44-46-48-50-53-63-55-57(56-65-67(61,62)64-54-52-59(3,4)5)66-58(60)51-49-47-45-43-41-39-37-35-33-27-25-23-21-19-17-15-13-11-9-7-2/h57H,6-56H2,1-5H3. The highest BCUT2D eigenvalue weighted by molar-refractivity contribution is 7.45. The van der Waals surface area contributed by atoms with E-state index in [2.05, 4.69) is 13.8 Å². The molecule has 0 aromatic carbocycles. The Bertz CT molecular complexity index is 1040. The monoisotopic (exact) mass is 972 g/mol. The van der Waals surface area contributed by atoms with Crippen molar-refractivity contribution in [2.24, 2.45) is 0 Å². The highest BCUT2D eigenvalue weighted by Gasteiger charge is 2.20. The lowest BCUT2D eigenvalue weighted by molar-refractivity contribution is -0.870. The predicted molar refractivity (Wildman–Crippen MR) is 287 cm³/mol. The average molecular weight is 973 g/mol. The van der Waals surface area contributed by atoms with Gasteiger partial charge in [-0.05, 0) is 12.8 Å². The Kier molecular flexibility index (Phi) is 51.5. The molecule has 2 unspecified atom stereocenters. The summed E-state index contributed by atoms with van der Waals surface area (Å²) >= 11 is 0. The normalized spacial score (nSPS) is 13.3. The molecule has 0 saturated heterocycles. The van der Waals surface area contributed by atoms with Crippen LogP contribution in [-0.4, -0.2) is 70.7 Å². The summed E-state index contributed by atoms with van der Waals surface area (Å²) in [5.74, 6) is -0.323. The maximum absolute atomic E-state index is 12.8. The van der Waals surface area contributed by atoms with Crippen molar-refractivity contribution in [3.05, 3.63) is 0 Å². The number of nitrogens with zero attached hydrogens (tertiary/aromatic N) is 1. The number of rotatable bonds is 57. The van der Waals surface area contributed by atoms with Crippen LogP contribution >= 0.6 is 7.82 Å². The molecule has 67 heavy (non-hydrogen) atoms. The van der Waals surface area contributed by atoms with Crippen LogP contribution < -0.4 is 4.89 Å². The fourth-order valence-corrected chi connectivity index (χ4v) is 9.81. The topological polar surface area (TPSA) is 94.1 Å². The number of carbonyl (C=O) groups is 1. The van der Waals surface area contributed by atoms with Crippen molar-refractivity contribution in [2.45, 2.75) is 315 Å².